The normalized spacial score (nSPS) is 9.63. The van der Waals surface area contributed by atoms with E-state index in [2.05, 4.69) is 0 Å². The first-order valence-electron chi connectivity index (χ1n) is 5.71. The molecule has 0 atom stereocenters. The van der Waals surface area contributed by atoms with Gasteiger partial charge in [-0.25, -0.2) is 4.79 Å². The molecule has 0 unspecified atom stereocenters. The van der Waals surface area contributed by atoms with Gasteiger partial charge in [-0.3, -0.25) is 4.79 Å². The number of methoxy groups -OCH3 is 1. The zero-order chi connectivity index (χ0) is 14.3. The summed E-state index contributed by atoms with van der Waals surface area (Å²) in [5.74, 6) is -0.0127. The van der Waals surface area contributed by atoms with Crippen LogP contribution in [0.25, 0.3) is 0 Å². The highest BCUT2D eigenvalue weighted by atomic mass is 16.6. The fraction of sp³-hybridized carbons (Fsp3) is 0.385. The van der Waals surface area contributed by atoms with Crippen LogP contribution in [0.4, 0.5) is 0 Å². The zero-order valence-electron chi connectivity index (χ0n) is 11.1. The van der Waals surface area contributed by atoms with Crippen LogP contribution in [-0.2, 0) is 14.3 Å². The maximum absolute atomic E-state index is 11.2. The number of carbonyl (C=O) groups excluding carboxylic acids is 2. The Kier molecular flexibility index (Phi) is 5.66. The molecule has 0 aromatic heterocycles. The predicted octanol–water partition coefficient (Wildman–Crippen LogP) is 1.56. The number of esters is 2. The van der Waals surface area contributed by atoms with E-state index in [-0.39, 0.29) is 24.7 Å². The minimum atomic E-state index is -0.493. The van der Waals surface area contributed by atoms with Crippen molar-refractivity contribution < 1.29 is 28.5 Å². The van der Waals surface area contributed by atoms with Crippen molar-refractivity contribution in [1.29, 1.82) is 0 Å². The molecule has 0 aliphatic rings. The summed E-state index contributed by atoms with van der Waals surface area (Å²) in [6.45, 7) is 3.00. The standard InChI is InChI=1S/C13H16O6/c1-4-17-13(15)8-18-11-6-5-10(16-3)7-12(11)19-9(2)14/h5-7H,4,8H2,1-3H3. The minimum Gasteiger partial charge on any atom is -0.497 e. The monoisotopic (exact) mass is 268 g/mol. The smallest absolute Gasteiger partial charge is 0.344 e. The summed E-state index contributed by atoms with van der Waals surface area (Å²) in [6, 6.07) is 4.69. The van der Waals surface area contributed by atoms with Crippen molar-refractivity contribution in [3.05, 3.63) is 18.2 Å². The van der Waals surface area contributed by atoms with Crippen LogP contribution in [0.5, 0.6) is 17.2 Å². The summed E-state index contributed by atoms with van der Waals surface area (Å²) in [5.41, 5.74) is 0. The minimum absolute atomic E-state index is 0.191. The van der Waals surface area contributed by atoms with Gasteiger partial charge in [0.15, 0.2) is 18.1 Å². The van der Waals surface area contributed by atoms with Crippen LogP contribution < -0.4 is 14.2 Å². The van der Waals surface area contributed by atoms with Crippen LogP contribution in [0.3, 0.4) is 0 Å². The lowest BCUT2D eigenvalue weighted by atomic mass is 10.3. The van der Waals surface area contributed by atoms with Gasteiger partial charge in [0.2, 0.25) is 0 Å². The van der Waals surface area contributed by atoms with E-state index in [1.807, 2.05) is 0 Å². The molecule has 0 aliphatic heterocycles. The molecular formula is C13H16O6. The van der Waals surface area contributed by atoms with Crippen molar-refractivity contribution in [3.8, 4) is 17.2 Å². The van der Waals surface area contributed by atoms with Crippen molar-refractivity contribution in [1.82, 2.24) is 0 Å². The lowest BCUT2D eigenvalue weighted by Gasteiger charge is -2.11. The molecule has 0 amide bonds. The molecule has 0 N–H and O–H groups in total. The summed E-state index contributed by atoms with van der Waals surface area (Å²) in [4.78, 5) is 22.2. The average Bonchev–Trinajstić information content (AvgIpc) is 2.36. The summed E-state index contributed by atoms with van der Waals surface area (Å²) in [5, 5.41) is 0. The Bertz CT molecular complexity index is 454. The van der Waals surface area contributed by atoms with Gasteiger partial charge in [0.1, 0.15) is 5.75 Å². The molecule has 19 heavy (non-hydrogen) atoms. The predicted molar refractivity (Wildman–Crippen MR) is 66.4 cm³/mol. The molecule has 1 aromatic rings. The van der Waals surface area contributed by atoms with Crippen LogP contribution in [-0.4, -0.2) is 32.3 Å². The maximum atomic E-state index is 11.2. The molecule has 6 nitrogen and oxygen atoms in total. The highest BCUT2D eigenvalue weighted by Crippen LogP contribution is 2.31. The Morgan fingerprint density at radius 3 is 2.53 bits per heavy atom. The molecule has 1 rings (SSSR count). The average molecular weight is 268 g/mol. The van der Waals surface area contributed by atoms with Crippen molar-refractivity contribution >= 4 is 11.9 Å². The zero-order valence-corrected chi connectivity index (χ0v) is 11.1. The second kappa shape index (κ2) is 7.25. The molecule has 0 fully saturated rings. The van der Waals surface area contributed by atoms with Crippen LogP contribution in [0.1, 0.15) is 13.8 Å². The summed E-state index contributed by atoms with van der Waals surface area (Å²) >= 11 is 0. The first-order valence-corrected chi connectivity index (χ1v) is 5.71. The highest BCUT2D eigenvalue weighted by molar-refractivity contribution is 5.72. The Balaban J connectivity index is 2.80. The molecular weight excluding hydrogens is 252 g/mol. The lowest BCUT2D eigenvalue weighted by molar-refractivity contribution is -0.145. The summed E-state index contributed by atoms with van der Waals surface area (Å²) in [7, 11) is 1.49. The van der Waals surface area contributed by atoms with E-state index in [1.54, 1.807) is 19.1 Å². The number of rotatable bonds is 6. The largest absolute Gasteiger partial charge is 0.497 e. The second-order valence-corrected chi connectivity index (χ2v) is 3.50. The van der Waals surface area contributed by atoms with Crippen LogP contribution in [0, 0.1) is 0 Å². The molecule has 0 saturated heterocycles. The quantitative estimate of drug-likeness (QED) is 0.576. The van der Waals surface area contributed by atoms with Crippen molar-refractivity contribution in [2.75, 3.05) is 20.3 Å². The van der Waals surface area contributed by atoms with Gasteiger partial charge in [0.05, 0.1) is 13.7 Å². The Labute approximate surface area is 111 Å². The van der Waals surface area contributed by atoms with Gasteiger partial charge < -0.3 is 18.9 Å². The fourth-order valence-corrected chi connectivity index (χ4v) is 1.31. The van der Waals surface area contributed by atoms with Gasteiger partial charge in [-0.2, -0.15) is 0 Å². The number of hydrogen-bond acceptors (Lipinski definition) is 6. The third kappa shape index (κ3) is 4.87. The van der Waals surface area contributed by atoms with E-state index in [4.69, 9.17) is 18.9 Å². The van der Waals surface area contributed by atoms with Crippen LogP contribution in [0.15, 0.2) is 18.2 Å². The van der Waals surface area contributed by atoms with Crippen molar-refractivity contribution in [3.63, 3.8) is 0 Å². The van der Waals surface area contributed by atoms with Gasteiger partial charge in [-0.05, 0) is 19.1 Å². The highest BCUT2D eigenvalue weighted by Gasteiger charge is 2.11. The number of carbonyl (C=O) groups is 2. The van der Waals surface area contributed by atoms with E-state index in [0.29, 0.717) is 5.75 Å². The SMILES string of the molecule is CCOC(=O)COc1ccc(OC)cc1OC(C)=O. The van der Waals surface area contributed by atoms with Crippen LogP contribution in [0.2, 0.25) is 0 Å². The molecule has 6 heteroatoms. The maximum Gasteiger partial charge on any atom is 0.344 e. The van der Waals surface area contributed by atoms with Gasteiger partial charge in [-0.15, -0.1) is 0 Å². The third-order valence-electron chi connectivity index (χ3n) is 2.06. The number of ether oxygens (including phenoxy) is 4. The number of hydrogen-bond donors (Lipinski definition) is 0. The number of benzene rings is 1. The third-order valence-corrected chi connectivity index (χ3v) is 2.06. The fourth-order valence-electron chi connectivity index (χ4n) is 1.31. The van der Waals surface area contributed by atoms with E-state index < -0.39 is 11.9 Å². The Morgan fingerprint density at radius 2 is 1.95 bits per heavy atom. The van der Waals surface area contributed by atoms with E-state index in [0.717, 1.165) is 0 Å². The summed E-state index contributed by atoms with van der Waals surface area (Å²) < 4.78 is 20.0. The second-order valence-electron chi connectivity index (χ2n) is 3.50. The van der Waals surface area contributed by atoms with Gasteiger partial charge in [0.25, 0.3) is 0 Å². The Hall–Kier alpha value is -2.24. The summed E-state index contributed by atoms with van der Waals surface area (Å²) in [6.07, 6.45) is 0. The van der Waals surface area contributed by atoms with E-state index >= 15 is 0 Å². The first kappa shape index (κ1) is 14.8. The molecule has 0 spiro atoms. The van der Waals surface area contributed by atoms with Gasteiger partial charge in [-0.1, -0.05) is 0 Å². The van der Waals surface area contributed by atoms with E-state index in [9.17, 15) is 9.59 Å². The van der Waals surface area contributed by atoms with Gasteiger partial charge >= 0.3 is 11.9 Å². The van der Waals surface area contributed by atoms with E-state index in [1.165, 1.54) is 20.1 Å². The van der Waals surface area contributed by atoms with Crippen molar-refractivity contribution in [2.24, 2.45) is 0 Å². The lowest BCUT2D eigenvalue weighted by Crippen LogP contribution is -2.15. The molecule has 0 radical (unpaired) electrons. The topological polar surface area (TPSA) is 71.1 Å². The molecule has 0 heterocycles. The van der Waals surface area contributed by atoms with Gasteiger partial charge in [0, 0.05) is 13.0 Å². The molecule has 0 bridgehead atoms. The Morgan fingerprint density at radius 1 is 1.21 bits per heavy atom. The first-order chi connectivity index (χ1) is 9.06. The van der Waals surface area contributed by atoms with Crippen molar-refractivity contribution in [2.45, 2.75) is 13.8 Å². The molecule has 1 aromatic carbocycles. The molecule has 0 aliphatic carbocycles. The van der Waals surface area contributed by atoms with Crippen LogP contribution >= 0.6 is 0 Å². The molecule has 0 saturated carbocycles. The molecule has 104 valence electrons.